The third-order valence-electron chi connectivity index (χ3n) is 3.52. The Morgan fingerprint density at radius 1 is 1.11 bits per heavy atom. The molecule has 92 valence electrons. The summed E-state index contributed by atoms with van der Waals surface area (Å²) in [6.45, 7) is 0. The van der Waals surface area contributed by atoms with Crippen LogP contribution in [0.4, 0.5) is 0 Å². The maximum atomic E-state index is 4.54. The highest BCUT2D eigenvalue weighted by Gasteiger charge is 2.17. The second-order valence-electron chi connectivity index (χ2n) is 4.69. The number of rotatable bonds is 1. The van der Waals surface area contributed by atoms with Crippen LogP contribution in [0.1, 0.15) is 18.0 Å². The lowest BCUT2D eigenvalue weighted by molar-refractivity contribution is 0.823. The molecule has 0 saturated carbocycles. The first-order chi connectivity index (χ1) is 9.43. The standard InChI is InChI=1S/C16H12N2S/c1-2-6-11(7-3-1)14-16-15(18-10-17-14)12-8-4-5-9-13(12)19-16/h1-6,8-11H,7H2. The minimum absolute atomic E-state index is 0.378. The minimum atomic E-state index is 0.378. The van der Waals surface area contributed by atoms with Crippen molar-refractivity contribution in [2.24, 2.45) is 0 Å². The van der Waals surface area contributed by atoms with Gasteiger partial charge in [0.2, 0.25) is 0 Å². The average molecular weight is 264 g/mol. The van der Waals surface area contributed by atoms with Gasteiger partial charge in [0, 0.05) is 16.0 Å². The summed E-state index contributed by atoms with van der Waals surface area (Å²) in [7, 11) is 0. The lowest BCUT2D eigenvalue weighted by Gasteiger charge is -2.12. The van der Waals surface area contributed by atoms with Crippen LogP contribution >= 0.6 is 11.3 Å². The van der Waals surface area contributed by atoms with Crippen LogP contribution in [0, 0.1) is 0 Å². The van der Waals surface area contributed by atoms with Gasteiger partial charge in [-0.3, -0.25) is 0 Å². The molecule has 1 atom stereocenters. The van der Waals surface area contributed by atoms with Gasteiger partial charge in [0.15, 0.2) is 0 Å². The molecule has 0 aliphatic heterocycles. The molecule has 0 bridgehead atoms. The zero-order valence-corrected chi connectivity index (χ0v) is 11.1. The van der Waals surface area contributed by atoms with Crippen LogP contribution in [0.25, 0.3) is 20.3 Å². The van der Waals surface area contributed by atoms with Gasteiger partial charge in [0.25, 0.3) is 0 Å². The van der Waals surface area contributed by atoms with E-state index in [4.69, 9.17) is 0 Å². The average Bonchev–Trinajstić information content (AvgIpc) is 2.87. The van der Waals surface area contributed by atoms with Crippen molar-refractivity contribution in [2.75, 3.05) is 0 Å². The van der Waals surface area contributed by atoms with Gasteiger partial charge < -0.3 is 0 Å². The molecule has 1 aromatic carbocycles. The van der Waals surface area contributed by atoms with Crippen LogP contribution in [0.5, 0.6) is 0 Å². The SMILES string of the molecule is C1=CCC(c2ncnc3c2sc2ccccc23)C=C1. The summed E-state index contributed by atoms with van der Waals surface area (Å²) in [6, 6.07) is 8.44. The molecule has 3 aromatic rings. The fourth-order valence-electron chi connectivity index (χ4n) is 2.59. The molecule has 2 heterocycles. The first-order valence-electron chi connectivity index (χ1n) is 6.39. The van der Waals surface area contributed by atoms with Crippen LogP contribution in [-0.4, -0.2) is 9.97 Å². The molecule has 0 amide bonds. The highest BCUT2D eigenvalue weighted by Crippen LogP contribution is 2.37. The monoisotopic (exact) mass is 264 g/mol. The lowest BCUT2D eigenvalue weighted by Crippen LogP contribution is -2.00. The summed E-state index contributed by atoms with van der Waals surface area (Å²) < 4.78 is 2.52. The molecule has 0 spiro atoms. The molecule has 0 fully saturated rings. The molecule has 4 rings (SSSR count). The van der Waals surface area contributed by atoms with E-state index >= 15 is 0 Å². The van der Waals surface area contributed by atoms with Crippen LogP contribution in [-0.2, 0) is 0 Å². The largest absolute Gasteiger partial charge is 0.239 e. The molecule has 2 nitrogen and oxygen atoms in total. The first-order valence-corrected chi connectivity index (χ1v) is 7.20. The van der Waals surface area contributed by atoms with Gasteiger partial charge in [-0.1, -0.05) is 42.5 Å². The predicted molar refractivity (Wildman–Crippen MR) is 80.6 cm³/mol. The Labute approximate surface area is 115 Å². The maximum Gasteiger partial charge on any atom is 0.116 e. The molecular formula is C16H12N2S. The molecule has 0 saturated heterocycles. The first kappa shape index (κ1) is 10.9. The molecule has 0 N–H and O–H groups in total. The number of fused-ring (bicyclic) bond motifs is 3. The molecular weight excluding hydrogens is 252 g/mol. The minimum Gasteiger partial charge on any atom is -0.239 e. The maximum absolute atomic E-state index is 4.54. The smallest absolute Gasteiger partial charge is 0.116 e. The van der Waals surface area contributed by atoms with Crippen molar-refractivity contribution in [3.8, 4) is 0 Å². The van der Waals surface area contributed by atoms with Crippen LogP contribution in [0.3, 0.4) is 0 Å². The van der Waals surface area contributed by atoms with Gasteiger partial charge in [0.05, 0.1) is 15.9 Å². The van der Waals surface area contributed by atoms with E-state index in [0.717, 1.165) is 17.6 Å². The second-order valence-corrected chi connectivity index (χ2v) is 5.74. The highest BCUT2D eigenvalue weighted by molar-refractivity contribution is 7.25. The third-order valence-corrected chi connectivity index (χ3v) is 4.70. The fourth-order valence-corrected chi connectivity index (χ4v) is 3.80. The molecule has 1 aliphatic rings. The second kappa shape index (κ2) is 4.28. The Morgan fingerprint density at radius 3 is 2.95 bits per heavy atom. The van der Waals surface area contributed by atoms with Gasteiger partial charge in [-0.25, -0.2) is 9.97 Å². The molecule has 1 unspecified atom stereocenters. The Morgan fingerprint density at radius 2 is 2.05 bits per heavy atom. The quantitative estimate of drug-likeness (QED) is 0.649. The van der Waals surface area contributed by atoms with Gasteiger partial charge in [0.1, 0.15) is 6.33 Å². The van der Waals surface area contributed by atoms with E-state index in [1.54, 1.807) is 17.7 Å². The van der Waals surface area contributed by atoms with Crippen LogP contribution in [0.15, 0.2) is 54.9 Å². The van der Waals surface area contributed by atoms with Crippen molar-refractivity contribution in [2.45, 2.75) is 12.3 Å². The van der Waals surface area contributed by atoms with Gasteiger partial charge in [-0.2, -0.15) is 0 Å². The van der Waals surface area contributed by atoms with Crippen molar-refractivity contribution in [3.05, 3.63) is 60.6 Å². The van der Waals surface area contributed by atoms with E-state index in [0.29, 0.717) is 5.92 Å². The number of nitrogens with zero attached hydrogens (tertiary/aromatic N) is 2. The van der Waals surface area contributed by atoms with E-state index < -0.39 is 0 Å². The molecule has 0 radical (unpaired) electrons. The Kier molecular flexibility index (Phi) is 2.45. The number of hydrogen-bond donors (Lipinski definition) is 0. The van der Waals surface area contributed by atoms with Crippen LogP contribution < -0.4 is 0 Å². The molecule has 2 aromatic heterocycles. The zero-order chi connectivity index (χ0) is 12.7. The van der Waals surface area contributed by atoms with Gasteiger partial charge >= 0.3 is 0 Å². The van der Waals surface area contributed by atoms with Crippen molar-refractivity contribution in [3.63, 3.8) is 0 Å². The van der Waals surface area contributed by atoms with E-state index in [2.05, 4.69) is 58.5 Å². The van der Waals surface area contributed by atoms with Crippen molar-refractivity contribution < 1.29 is 0 Å². The van der Waals surface area contributed by atoms with Crippen molar-refractivity contribution in [1.82, 2.24) is 9.97 Å². The van der Waals surface area contributed by atoms with Gasteiger partial charge in [-0.05, 0) is 12.5 Å². The van der Waals surface area contributed by atoms with E-state index in [-0.39, 0.29) is 0 Å². The summed E-state index contributed by atoms with van der Waals surface area (Å²) in [5.74, 6) is 0.378. The normalized spacial score (nSPS) is 18.4. The summed E-state index contributed by atoms with van der Waals surface area (Å²) in [5, 5.41) is 1.24. The van der Waals surface area contributed by atoms with Crippen LogP contribution in [0.2, 0.25) is 0 Å². The van der Waals surface area contributed by atoms with E-state index in [9.17, 15) is 0 Å². The lowest BCUT2D eigenvalue weighted by atomic mass is 9.96. The summed E-state index contributed by atoms with van der Waals surface area (Å²) >= 11 is 1.80. The zero-order valence-electron chi connectivity index (χ0n) is 10.3. The number of hydrogen-bond acceptors (Lipinski definition) is 3. The predicted octanol–water partition coefficient (Wildman–Crippen LogP) is 4.44. The fraction of sp³-hybridized carbons (Fsp3) is 0.125. The summed E-state index contributed by atoms with van der Waals surface area (Å²) in [4.78, 5) is 9.02. The molecule has 3 heteroatoms. The topological polar surface area (TPSA) is 25.8 Å². The van der Waals surface area contributed by atoms with Crippen molar-refractivity contribution >= 4 is 31.6 Å². The summed E-state index contributed by atoms with van der Waals surface area (Å²) in [6.07, 6.45) is 11.4. The number of aromatic nitrogens is 2. The van der Waals surface area contributed by atoms with Crippen molar-refractivity contribution in [1.29, 1.82) is 0 Å². The van der Waals surface area contributed by atoms with E-state index in [1.807, 2.05) is 0 Å². The third kappa shape index (κ3) is 1.70. The Balaban J connectivity index is 2.01. The Hall–Kier alpha value is -2.00. The Bertz CT molecular complexity index is 814. The summed E-state index contributed by atoms with van der Waals surface area (Å²) in [5.41, 5.74) is 2.25. The molecule has 19 heavy (non-hydrogen) atoms. The number of thiophene rings is 1. The highest BCUT2D eigenvalue weighted by atomic mass is 32.1. The number of benzene rings is 1. The van der Waals surface area contributed by atoms with E-state index in [1.165, 1.54) is 14.8 Å². The van der Waals surface area contributed by atoms with Gasteiger partial charge in [-0.15, -0.1) is 11.3 Å². The molecule has 1 aliphatic carbocycles. The number of allylic oxidation sites excluding steroid dienone is 4.